The maximum atomic E-state index is 12.1. The van der Waals surface area contributed by atoms with Crippen LogP contribution >= 0.6 is 11.6 Å². The second-order valence-electron chi connectivity index (χ2n) is 7.16. The number of nitrogens with zero attached hydrogens (tertiary/aromatic N) is 3. The molecule has 4 aromatic rings. The molecule has 32 heavy (non-hydrogen) atoms. The van der Waals surface area contributed by atoms with Gasteiger partial charge in [0.25, 0.3) is 0 Å². The quantitative estimate of drug-likeness (QED) is 0.256. The van der Waals surface area contributed by atoms with E-state index in [0.717, 1.165) is 16.7 Å². The molecule has 0 aliphatic heterocycles. The predicted octanol–water partition coefficient (Wildman–Crippen LogP) is 6.29. The maximum Gasteiger partial charge on any atom is 0.353 e. The lowest BCUT2D eigenvalue weighted by molar-refractivity contribution is -0.383. The zero-order valence-electron chi connectivity index (χ0n) is 17.2. The number of aromatic nitrogens is 2. The molecular formula is C24H20ClN5O2. The topological polar surface area (TPSA) is 93.0 Å². The van der Waals surface area contributed by atoms with Gasteiger partial charge in [-0.1, -0.05) is 72.3 Å². The van der Waals surface area contributed by atoms with E-state index in [1.807, 2.05) is 67.6 Å². The molecule has 1 aromatic heterocycles. The summed E-state index contributed by atoms with van der Waals surface area (Å²) in [5.41, 5.74) is 3.18. The lowest BCUT2D eigenvalue weighted by Gasteiger charge is -2.21. The Kier molecular flexibility index (Phi) is 6.28. The minimum Gasteiger partial charge on any atom is -0.353 e. The van der Waals surface area contributed by atoms with Crippen molar-refractivity contribution in [3.8, 4) is 0 Å². The lowest BCUT2D eigenvalue weighted by atomic mass is 9.99. The molecule has 160 valence electrons. The number of halogens is 1. The molecule has 0 atom stereocenters. The van der Waals surface area contributed by atoms with Crippen LogP contribution in [0.3, 0.4) is 0 Å². The molecule has 0 saturated carbocycles. The van der Waals surface area contributed by atoms with E-state index in [1.165, 1.54) is 6.33 Å². The summed E-state index contributed by atoms with van der Waals surface area (Å²) < 4.78 is 0. The Morgan fingerprint density at radius 1 is 0.906 bits per heavy atom. The summed E-state index contributed by atoms with van der Waals surface area (Å²) in [5, 5.41) is 18.9. The molecule has 4 rings (SSSR count). The highest BCUT2D eigenvalue weighted by atomic mass is 35.5. The zero-order chi connectivity index (χ0) is 22.5. The van der Waals surface area contributed by atoms with Crippen LogP contribution in [0.5, 0.6) is 0 Å². The number of nitrogens with one attached hydrogen (secondary N) is 2. The van der Waals surface area contributed by atoms with E-state index in [2.05, 4.69) is 20.6 Å². The minimum absolute atomic E-state index is 0.0952. The van der Waals surface area contributed by atoms with Crippen LogP contribution in [-0.2, 0) is 0 Å². The van der Waals surface area contributed by atoms with Crippen LogP contribution < -0.4 is 10.6 Å². The number of hydrogen-bond acceptors (Lipinski definition) is 6. The highest BCUT2D eigenvalue weighted by Gasteiger charge is 2.26. The van der Waals surface area contributed by atoms with Crippen molar-refractivity contribution in [1.82, 2.24) is 9.97 Å². The largest absolute Gasteiger partial charge is 0.353 e. The van der Waals surface area contributed by atoms with E-state index >= 15 is 0 Å². The molecule has 0 aliphatic rings. The molecule has 1 heterocycles. The van der Waals surface area contributed by atoms with Crippen LogP contribution in [0, 0.1) is 17.0 Å². The lowest BCUT2D eigenvalue weighted by Crippen LogP contribution is -2.15. The van der Waals surface area contributed by atoms with Crippen molar-refractivity contribution in [1.29, 1.82) is 0 Å². The Balaban J connectivity index is 1.75. The van der Waals surface area contributed by atoms with E-state index < -0.39 is 4.92 Å². The first-order valence-corrected chi connectivity index (χ1v) is 10.3. The predicted molar refractivity (Wildman–Crippen MR) is 127 cm³/mol. The number of rotatable bonds is 7. The van der Waals surface area contributed by atoms with Gasteiger partial charge in [-0.15, -0.1) is 0 Å². The number of aryl methyl sites for hydroxylation is 1. The summed E-state index contributed by atoms with van der Waals surface area (Å²) in [4.78, 5) is 19.9. The van der Waals surface area contributed by atoms with Gasteiger partial charge in [0.2, 0.25) is 11.6 Å². The van der Waals surface area contributed by atoms with Gasteiger partial charge in [-0.2, -0.15) is 0 Å². The SMILES string of the molecule is Cc1cc(Cl)ccc1Nc1ncnc(NC(c2ccccc2)c2ccccc2)c1[N+](=O)[O-]. The van der Waals surface area contributed by atoms with Crippen LogP contribution in [0.15, 0.2) is 85.2 Å². The van der Waals surface area contributed by atoms with Crippen molar-refractivity contribution < 1.29 is 4.92 Å². The second-order valence-corrected chi connectivity index (χ2v) is 7.60. The van der Waals surface area contributed by atoms with Crippen LogP contribution in [0.2, 0.25) is 5.02 Å². The van der Waals surface area contributed by atoms with E-state index in [1.54, 1.807) is 18.2 Å². The second kappa shape index (κ2) is 9.45. The molecule has 0 unspecified atom stereocenters. The summed E-state index contributed by atoms with van der Waals surface area (Å²) in [5.74, 6) is 0.217. The number of hydrogen-bond donors (Lipinski definition) is 2. The number of anilines is 3. The van der Waals surface area contributed by atoms with Crippen LogP contribution in [0.4, 0.5) is 23.0 Å². The molecule has 0 radical (unpaired) electrons. The fourth-order valence-electron chi connectivity index (χ4n) is 3.43. The normalized spacial score (nSPS) is 10.7. The molecule has 7 nitrogen and oxygen atoms in total. The molecular weight excluding hydrogens is 426 g/mol. The first-order chi connectivity index (χ1) is 15.5. The molecule has 2 N–H and O–H groups in total. The van der Waals surface area contributed by atoms with E-state index in [0.29, 0.717) is 10.7 Å². The molecule has 0 spiro atoms. The third-order valence-corrected chi connectivity index (χ3v) is 5.23. The van der Waals surface area contributed by atoms with Gasteiger partial charge in [0.1, 0.15) is 6.33 Å². The van der Waals surface area contributed by atoms with Crippen molar-refractivity contribution in [3.05, 3.63) is 117 Å². The zero-order valence-corrected chi connectivity index (χ0v) is 18.0. The fourth-order valence-corrected chi connectivity index (χ4v) is 3.66. The first kappa shape index (κ1) is 21.3. The van der Waals surface area contributed by atoms with Crippen molar-refractivity contribution in [2.24, 2.45) is 0 Å². The van der Waals surface area contributed by atoms with Gasteiger partial charge in [-0.3, -0.25) is 10.1 Å². The molecule has 0 bridgehead atoms. The maximum absolute atomic E-state index is 12.1. The van der Waals surface area contributed by atoms with Gasteiger partial charge in [-0.05, 0) is 41.8 Å². The number of benzene rings is 3. The summed E-state index contributed by atoms with van der Waals surface area (Å²) in [6.07, 6.45) is 1.30. The van der Waals surface area contributed by atoms with E-state index in [4.69, 9.17) is 11.6 Å². The van der Waals surface area contributed by atoms with Crippen LogP contribution in [-0.4, -0.2) is 14.9 Å². The standard InChI is InChI=1S/C24H20ClN5O2/c1-16-14-19(25)12-13-20(16)28-23-22(30(31)32)24(27-15-26-23)29-21(17-8-4-2-5-9-17)18-10-6-3-7-11-18/h2-15,21H,1H3,(H2,26,27,28,29). The monoisotopic (exact) mass is 445 g/mol. The van der Waals surface area contributed by atoms with E-state index in [-0.39, 0.29) is 23.4 Å². The Morgan fingerprint density at radius 3 is 2.06 bits per heavy atom. The van der Waals surface area contributed by atoms with Crippen molar-refractivity contribution in [2.45, 2.75) is 13.0 Å². The summed E-state index contributed by atoms with van der Waals surface area (Å²) >= 11 is 6.03. The average Bonchev–Trinajstić information content (AvgIpc) is 2.80. The molecule has 3 aromatic carbocycles. The number of nitro groups is 1. The first-order valence-electron chi connectivity index (χ1n) is 9.92. The third kappa shape index (κ3) is 4.68. The van der Waals surface area contributed by atoms with Gasteiger partial charge in [-0.25, -0.2) is 9.97 Å². The molecule has 0 amide bonds. The van der Waals surface area contributed by atoms with Crippen molar-refractivity contribution in [2.75, 3.05) is 10.6 Å². The highest BCUT2D eigenvalue weighted by molar-refractivity contribution is 6.30. The minimum atomic E-state index is -0.483. The van der Waals surface area contributed by atoms with Crippen LogP contribution in [0.25, 0.3) is 0 Å². The summed E-state index contributed by atoms with van der Waals surface area (Å²) in [6, 6.07) is 24.3. The average molecular weight is 446 g/mol. The molecule has 8 heteroatoms. The Morgan fingerprint density at radius 2 is 1.50 bits per heavy atom. The van der Waals surface area contributed by atoms with Gasteiger partial charge in [0, 0.05) is 10.7 Å². The third-order valence-electron chi connectivity index (χ3n) is 4.99. The van der Waals surface area contributed by atoms with Gasteiger partial charge < -0.3 is 10.6 Å². The van der Waals surface area contributed by atoms with Gasteiger partial charge in [0.05, 0.1) is 11.0 Å². The van der Waals surface area contributed by atoms with Crippen molar-refractivity contribution in [3.63, 3.8) is 0 Å². The summed E-state index contributed by atoms with van der Waals surface area (Å²) in [7, 11) is 0. The Labute approximate surface area is 190 Å². The molecule has 0 aliphatic carbocycles. The van der Waals surface area contributed by atoms with Gasteiger partial charge >= 0.3 is 5.69 Å². The fraction of sp³-hybridized carbons (Fsp3) is 0.0833. The molecule has 0 saturated heterocycles. The highest BCUT2D eigenvalue weighted by Crippen LogP contribution is 2.35. The molecule has 0 fully saturated rings. The van der Waals surface area contributed by atoms with Crippen molar-refractivity contribution >= 4 is 34.6 Å². The smallest absolute Gasteiger partial charge is 0.353 e. The van der Waals surface area contributed by atoms with E-state index in [9.17, 15) is 10.1 Å². The Bertz CT molecular complexity index is 1200. The van der Waals surface area contributed by atoms with Crippen LogP contribution in [0.1, 0.15) is 22.7 Å². The van der Waals surface area contributed by atoms with Gasteiger partial charge in [0.15, 0.2) is 0 Å². The Hall–Kier alpha value is -3.97. The summed E-state index contributed by atoms with van der Waals surface area (Å²) in [6.45, 7) is 1.86.